The maximum Gasteiger partial charge on any atom is 0.144 e. The first-order valence-corrected chi connectivity index (χ1v) is 7.51. The summed E-state index contributed by atoms with van der Waals surface area (Å²) in [6.07, 6.45) is 1.98. The number of benzene rings is 1. The molecule has 0 bridgehead atoms. The largest absolute Gasteiger partial charge is 0.491 e. The smallest absolute Gasteiger partial charge is 0.144 e. The van der Waals surface area contributed by atoms with E-state index in [0.29, 0.717) is 12.3 Å². The van der Waals surface area contributed by atoms with Crippen LogP contribution in [0.25, 0.3) is 0 Å². The SMILES string of the molecule is CCCOc1cccc(NCCc2ccsc2)c1N. The van der Waals surface area contributed by atoms with Crippen molar-refractivity contribution in [3.8, 4) is 5.75 Å². The van der Waals surface area contributed by atoms with Crippen LogP contribution in [0.15, 0.2) is 35.0 Å². The minimum atomic E-state index is 0.696. The van der Waals surface area contributed by atoms with Crippen molar-refractivity contribution in [3.63, 3.8) is 0 Å². The van der Waals surface area contributed by atoms with Crippen LogP contribution in [0.1, 0.15) is 18.9 Å². The molecule has 0 saturated carbocycles. The van der Waals surface area contributed by atoms with Gasteiger partial charge in [-0.3, -0.25) is 0 Å². The van der Waals surface area contributed by atoms with Crippen LogP contribution in [0.3, 0.4) is 0 Å². The van der Waals surface area contributed by atoms with E-state index in [1.807, 2.05) is 18.2 Å². The van der Waals surface area contributed by atoms with E-state index in [4.69, 9.17) is 10.5 Å². The Morgan fingerprint density at radius 3 is 2.95 bits per heavy atom. The molecule has 0 atom stereocenters. The Morgan fingerprint density at radius 1 is 1.32 bits per heavy atom. The van der Waals surface area contributed by atoms with Crippen LogP contribution in [0, 0.1) is 0 Å². The van der Waals surface area contributed by atoms with Gasteiger partial charge in [-0.1, -0.05) is 13.0 Å². The Kier molecular flexibility index (Phi) is 5.10. The number of hydrogen-bond donors (Lipinski definition) is 2. The molecule has 1 aromatic heterocycles. The van der Waals surface area contributed by atoms with Crippen molar-refractivity contribution in [1.29, 1.82) is 0 Å². The molecule has 2 aromatic rings. The zero-order valence-electron chi connectivity index (χ0n) is 11.2. The molecule has 0 saturated heterocycles. The van der Waals surface area contributed by atoms with Gasteiger partial charge in [0.1, 0.15) is 5.75 Å². The molecular weight excluding hydrogens is 256 g/mol. The highest BCUT2D eigenvalue weighted by molar-refractivity contribution is 7.07. The quantitative estimate of drug-likeness (QED) is 0.757. The average molecular weight is 276 g/mol. The first-order chi connectivity index (χ1) is 9.31. The summed E-state index contributed by atoms with van der Waals surface area (Å²) in [7, 11) is 0. The summed E-state index contributed by atoms with van der Waals surface area (Å²) < 4.78 is 5.62. The fourth-order valence-corrected chi connectivity index (χ4v) is 2.52. The van der Waals surface area contributed by atoms with E-state index in [-0.39, 0.29) is 0 Å². The number of para-hydroxylation sites is 1. The van der Waals surface area contributed by atoms with Gasteiger partial charge in [-0.25, -0.2) is 0 Å². The maximum atomic E-state index is 6.10. The predicted octanol–water partition coefficient (Wildman–Crippen LogP) is 3.77. The highest BCUT2D eigenvalue weighted by Crippen LogP contribution is 2.29. The normalized spacial score (nSPS) is 10.4. The number of nitrogen functional groups attached to an aromatic ring is 1. The number of ether oxygens (including phenoxy) is 1. The van der Waals surface area contributed by atoms with Crippen molar-refractivity contribution in [2.45, 2.75) is 19.8 Å². The van der Waals surface area contributed by atoms with E-state index < -0.39 is 0 Å². The monoisotopic (exact) mass is 276 g/mol. The van der Waals surface area contributed by atoms with Crippen LogP contribution in [-0.2, 0) is 6.42 Å². The second kappa shape index (κ2) is 7.04. The Morgan fingerprint density at radius 2 is 2.21 bits per heavy atom. The number of anilines is 2. The fourth-order valence-electron chi connectivity index (χ4n) is 1.81. The standard InChI is InChI=1S/C15H20N2OS/c1-2-9-18-14-5-3-4-13(15(14)16)17-8-6-12-7-10-19-11-12/h3-5,7,10-11,17H,2,6,8-9,16H2,1H3. The van der Waals surface area contributed by atoms with Crippen molar-refractivity contribution < 1.29 is 4.74 Å². The topological polar surface area (TPSA) is 47.3 Å². The van der Waals surface area contributed by atoms with Gasteiger partial charge >= 0.3 is 0 Å². The van der Waals surface area contributed by atoms with Gasteiger partial charge in [-0.15, -0.1) is 0 Å². The van der Waals surface area contributed by atoms with Crippen LogP contribution in [0.5, 0.6) is 5.75 Å². The lowest BCUT2D eigenvalue weighted by molar-refractivity contribution is 0.319. The van der Waals surface area contributed by atoms with Crippen molar-refractivity contribution in [2.75, 3.05) is 24.2 Å². The van der Waals surface area contributed by atoms with E-state index >= 15 is 0 Å². The van der Waals surface area contributed by atoms with Crippen LogP contribution in [-0.4, -0.2) is 13.2 Å². The second-order valence-corrected chi connectivity index (χ2v) is 5.15. The first-order valence-electron chi connectivity index (χ1n) is 6.57. The molecule has 19 heavy (non-hydrogen) atoms. The summed E-state index contributed by atoms with van der Waals surface area (Å²) in [5.41, 5.74) is 9.10. The molecule has 1 aromatic carbocycles. The molecule has 102 valence electrons. The zero-order valence-corrected chi connectivity index (χ0v) is 12.0. The summed E-state index contributed by atoms with van der Waals surface area (Å²) in [6.45, 7) is 3.65. The van der Waals surface area contributed by atoms with E-state index in [1.54, 1.807) is 11.3 Å². The number of nitrogens with one attached hydrogen (secondary N) is 1. The predicted molar refractivity (Wildman–Crippen MR) is 83.2 cm³/mol. The number of rotatable bonds is 7. The Bertz CT molecular complexity index is 497. The molecule has 1 heterocycles. The third-order valence-electron chi connectivity index (χ3n) is 2.84. The van der Waals surface area contributed by atoms with E-state index in [0.717, 1.165) is 30.8 Å². The number of nitrogens with two attached hydrogens (primary N) is 1. The summed E-state index contributed by atoms with van der Waals surface area (Å²) in [5, 5.41) is 7.64. The molecular formula is C15H20N2OS. The summed E-state index contributed by atoms with van der Waals surface area (Å²) >= 11 is 1.73. The van der Waals surface area contributed by atoms with Gasteiger partial charge in [-0.2, -0.15) is 11.3 Å². The van der Waals surface area contributed by atoms with Crippen molar-refractivity contribution in [3.05, 3.63) is 40.6 Å². The molecule has 0 spiro atoms. The summed E-state index contributed by atoms with van der Waals surface area (Å²) in [4.78, 5) is 0. The average Bonchev–Trinajstić information content (AvgIpc) is 2.92. The van der Waals surface area contributed by atoms with Crippen LogP contribution >= 0.6 is 11.3 Å². The third-order valence-corrected chi connectivity index (χ3v) is 3.57. The van der Waals surface area contributed by atoms with Gasteiger partial charge in [-0.05, 0) is 47.4 Å². The minimum absolute atomic E-state index is 0.696. The van der Waals surface area contributed by atoms with Gasteiger partial charge in [0, 0.05) is 6.54 Å². The molecule has 0 aliphatic heterocycles. The molecule has 3 N–H and O–H groups in total. The lowest BCUT2D eigenvalue weighted by atomic mass is 10.2. The molecule has 0 radical (unpaired) electrons. The molecule has 0 aliphatic carbocycles. The molecule has 4 heteroatoms. The van der Waals surface area contributed by atoms with E-state index in [1.165, 1.54) is 5.56 Å². The highest BCUT2D eigenvalue weighted by atomic mass is 32.1. The number of thiophene rings is 1. The van der Waals surface area contributed by atoms with Crippen LogP contribution in [0.4, 0.5) is 11.4 Å². The third kappa shape index (κ3) is 3.89. The van der Waals surface area contributed by atoms with Crippen LogP contribution < -0.4 is 15.8 Å². The van der Waals surface area contributed by atoms with Crippen LogP contribution in [0.2, 0.25) is 0 Å². The fraction of sp³-hybridized carbons (Fsp3) is 0.333. The first kappa shape index (κ1) is 13.7. The van der Waals surface area contributed by atoms with Crippen molar-refractivity contribution in [2.24, 2.45) is 0 Å². The second-order valence-electron chi connectivity index (χ2n) is 4.37. The number of hydrogen-bond acceptors (Lipinski definition) is 4. The lowest BCUT2D eigenvalue weighted by Crippen LogP contribution is -2.08. The molecule has 0 fully saturated rings. The van der Waals surface area contributed by atoms with Gasteiger partial charge in [0.05, 0.1) is 18.0 Å². The Hall–Kier alpha value is -1.68. The summed E-state index contributed by atoms with van der Waals surface area (Å²) in [6, 6.07) is 8.02. The van der Waals surface area contributed by atoms with E-state index in [2.05, 4.69) is 29.1 Å². The Labute approximate surface area is 118 Å². The Balaban J connectivity index is 1.92. The van der Waals surface area contributed by atoms with Crippen molar-refractivity contribution in [1.82, 2.24) is 0 Å². The van der Waals surface area contributed by atoms with Gasteiger partial charge in [0.2, 0.25) is 0 Å². The highest BCUT2D eigenvalue weighted by Gasteiger charge is 2.05. The van der Waals surface area contributed by atoms with E-state index in [9.17, 15) is 0 Å². The molecule has 0 amide bonds. The zero-order chi connectivity index (χ0) is 13.5. The minimum Gasteiger partial charge on any atom is -0.491 e. The molecule has 3 nitrogen and oxygen atoms in total. The van der Waals surface area contributed by atoms with Crippen molar-refractivity contribution >= 4 is 22.7 Å². The lowest BCUT2D eigenvalue weighted by Gasteiger charge is -2.13. The molecule has 2 rings (SSSR count). The molecule has 0 unspecified atom stereocenters. The summed E-state index contributed by atoms with van der Waals surface area (Å²) in [5.74, 6) is 0.766. The molecule has 0 aliphatic rings. The van der Waals surface area contributed by atoms with Gasteiger partial charge < -0.3 is 15.8 Å². The maximum absolute atomic E-state index is 6.10. The van der Waals surface area contributed by atoms with Gasteiger partial charge in [0.25, 0.3) is 0 Å². The van der Waals surface area contributed by atoms with Gasteiger partial charge in [0.15, 0.2) is 0 Å².